The van der Waals surface area contributed by atoms with Gasteiger partial charge in [-0.3, -0.25) is 15.1 Å². The van der Waals surface area contributed by atoms with Crippen LogP contribution in [-0.4, -0.2) is 25.1 Å². The number of rotatable bonds is 6. The highest BCUT2D eigenvalue weighted by atomic mass is 32.1. The number of halogens is 1. The summed E-state index contributed by atoms with van der Waals surface area (Å²) in [5, 5.41) is 12.9. The summed E-state index contributed by atoms with van der Waals surface area (Å²) in [5.74, 6) is 0.555. The molecular formula is C29H23FN6S. The monoisotopic (exact) mass is 506 g/mol. The summed E-state index contributed by atoms with van der Waals surface area (Å²) in [5.41, 5.74) is 8.39. The summed E-state index contributed by atoms with van der Waals surface area (Å²) >= 11 is 1.09. The van der Waals surface area contributed by atoms with Crippen molar-refractivity contribution in [2.24, 2.45) is 5.92 Å². The molecule has 8 heteroatoms. The Morgan fingerprint density at radius 3 is 2.68 bits per heavy atom. The lowest BCUT2D eigenvalue weighted by Gasteiger charge is -2.28. The van der Waals surface area contributed by atoms with Crippen molar-refractivity contribution in [3.05, 3.63) is 84.5 Å². The first-order chi connectivity index (χ1) is 18.1. The lowest BCUT2D eigenvalue weighted by molar-refractivity contribution is 0.371. The predicted octanol–water partition coefficient (Wildman–Crippen LogP) is 7.76. The summed E-state index contributed by atoms with van der Waals surface area (Å²) < 4.78 is 13.7. The van der Waals surface area contributed by atoms with Crippen LogP contribution >= 0.6 is 11.3 Å². The largest absolute Gasteiger partial charge is 0.358 e. The third-order valence-corrected chi connectivity index (χ3v) is 8.03. The number of H-pyrrole nitrogens is 2. The van der Waals surface area contributed by atoms with Gasteiger partial charge < -0.3 is 10.3 Å². The van der Waals surface area contributed by atoms with Crippen LogP contribution in [0.4, 0.5) is 10.1 Å². The summed E-state index contributed by atoms with van der Waals surface area (Å²) in [6.07, 6.45) is 9.13. The lowest BCUT2D eigenvalue weighted by Crippen LogP contribution is -2.18. The van der Waals surface area contributed by atoms with E-state index < -0.39 is 0 Å². The van der Waals surface area contributed by atoms with Crippen LogP contribution in [0.1, 0.15) is 19.3 Å². The summed E-state index contributed by atoms with van der Waals surface area (Å²) in [7, 11) is 0. The number of hydrogen-bond acceptors (Lipinski definition) is 5. The van der Waals surface area contributed by atoms with E-state index in [0.29, 0.717) is 5.92 Å². The average Bonchev–Trinajstić information content (AvgIpc) is 3.60. The van der Waals surface area contributed by atoms with Gasteiger partial charge >= 0.3 is 0 Å². The molecule has 1 saturated carbocycles. The Bertz CT molecular complexity index is 1790. The van der Waals surface area contributed by atoms with Gasteiger partial charge in [-0.1, -0.05) is 19.1 Å². The van der Waals surface area contributed by atoms with Gasteiger partial charge in [0, 0.05) is 39.9 Å². The maximum absolute atomic E-state index is 13.7. The van der Waals surface area contributed by atoms with E-state index in [4.69, 9.17) is 0 Å². The molecular weight excluding hydrogens is 483 g/mol. The number of nitrogens with one attached hydrogen (secondary N) is 3. The zero-order chi connectivity index (χ0) is 24.9. The van der Waals surface area contributed by atoms with Crippen LogP contribution in [0.2, 0.25) is 0 Å². The Morgan fingerprint density at radius 2 is 1.86 bits per heavy atom. The SMILES string of the molecule is C=C(Nc1cncc(-c2ccc3[nH]nc(-c4cc5c(-c6ccc(F)s6)nccc5[nH]4)c3c2)c1)C1CCC1. The van der Waals surface area contributed by atoms with Gasteiger partial charge in [0.1, 0.15) is 5.69 Å². The van der Waals surface area contributed by atoms with Crippen LogP contribution in [0.3, 0.4) is 0 Å². The van der Waals surface area contributed by atoms with Gasteiger partial charge in [0.15, 0.2) is 5.13 Å². The van der Waals surface area contributed by atoms with E-state index in [2.05, 4.69) is 55.2 Å². The van der Waals surface area contributed by atoms with Crippen molar-refractivity contribution >= 4 is 38.8 Å². The molecule has 37 heavy (non-hydrogen) atoms. The first-order valence-corrected chi connectivity index (χ1v) is 13.1. The van der Waals surface area contributed by atoms with E-state index in [1.54, 1.807) is 12.3 Å². The Hall–Kier alpha value is -4.30. The number of thiophene rings is 1. The summed E-state index contributed by atoms with van der Waals surface area (Å²) in [4.78, 5) is 13.3. The molecule has 0 atom stereocenters. The van der Waals surface area contributed by atoms with E-state index >= 15 is 0 Å². The van der Waals surface area contributed by atoms with E-state index in [1.807, 2.05) is 30.6 Å². The topological polar surface area (TPSA) is 82.3 Å². The molecule has 0 amide bonds. The number of hydrogen-bond donors (Lipinski definition) is 3. The molecule has 0 spiro atoms. The second kappa shape index (κ2) is 8.67. The molecule has 1 aromatic carbocycles. The number of aromatic amines is 2. The van der Waals surface area contributed by atoms with Gasteiger partial charge in [0.2, 0.25) is 0 Å². The quantitative estimate of drug-likeness (QED) is 0.216. The molecule has 182 valence electrons. The molecule has 1 aliphatic carbocycles. The van der Waals surface area contributed by atoms with Crippen molar-refractivity contribution in [1.82, 2.24) is 25.1 Å². The van der Waals surface area contributed by atoms with Crippen LogP contribution in [0, 0.1) is 11.0 Å². The molecule has 1 fully saturated rings. The lowest BCUT2D eigenvalue weighted by atomic mass is 9.83. The Kier molecular flexibility index (Phi) is 5.14. The summed E-state index contributed by atoms with van der Waals surface area (Å²) in [6.45, 7) is 4.22. The number of fused-ring (bicyclic) bond motifs is 2. The smallest absolute Gasteiger partial charge is 0.177 e. The van der Waals surface area contributed by atoms with Crippen molar-refractivity contribution < 1.29 is 4.39 Å². The molecule has 6 nitrogen and oxygen atoms in total. The first-order valence-electron chi connectivity index (χ1n) is 12.3. The highest BCUT2D eigenvalue weighted by molar-refractivity contribution is 7.13. The molecule has 0 radical (unpaired) electrons. The van der Waals surface area contributed by atoms with Crippen molar-refractivity contribution in [2.75, 3.05) is 5.32 Å². The number of nitrogens with zero attached hydrogens (tertiary/aromatic N) is 3. The van der Waals surface area contributed by atoms with E-state index in [-0.39, 0.29) is 5.13 Å². The third kappa shape index (κ3) is 3.90. The first kappa shape index (κ1) is 21.9. The number of aromatic nitrogens is 5. The van der Waals surface area contributed by atoms with Gasteiger partial charge in [0.05, 0.1) is 33.7 Å². The van der Waals surface area contributed by atoms with Crippen molar-refractivity contribution in [2.45, 2.75) is 19.3 Å². The fourth-order valence-corrected chi connectivity index (χ4v) is 5.67. The average molecular weight is 507 g/mol. The van der Waals surface area contributed by atoms with Crippen LogP contribution in [0.25, 0.3) is 54.9 Å². The van der Waals surface area contributed by atoms with Crippen molar-refractivity contribution in [1.29, 1.82) is 0 Å². The van der Waals surface area contributed by atoms with Crippen LogP contribution in [0.15, 0.2) is 79.4 Å². The van der Waals surface area contributed by atoms with Gasteiger partial charge in [0.25, 0.3) is 0 Å². The van der Waals surface area contributed by atoms with Gasteiger partial charge in [-0.2, -0.15) is 9.49 Å². The minimum atomic E-state index is -0.225. The standard InChI is InChI=1S/C29H23FN6S/c1-16(17-3-2-4-17)33-20-11-19(14-31-15-20)18-5-6-24-21(12-18)28(36-35-24)25-13-22-23(34-25)9-10-32-29(22)26-7-8-27(30)37-26/h5-15,17,33-34H,1-4H2,(H,35,36). The molecule has 0 bridgehead atoms. The zero-order valence-electron chi connectivity index (χ0n) is 19.9. The fraction of sp³-hybridized carbons (Fsp3) is 0.138. The maximum atomic E-state index is 13.7. The third-order valence-electron chi connectivity index (χ3n) is 7.15. The normalized spacial score (nSPS) is 13.8. The molecule has 0 unspecified atom stereocenters. The van der Waals surface area contributed by atoms with Gasteiger partial charge in [-0.05, 0) is 66.8 Å². The second-order valence-corrected chi connectivity index (χ2v) is 10.5. The molecule has 6 aromatic rings. The second-order valence-electron chi connectivity index (χ2n) is 9.48. The van der Waals surface area contributed by atoms with Crippen LogP contribution < -0.4 is 5.32 Å². The maximum Gasteiger partial charge on any atom is 0.177 e. The van der Waals surface area contributed by atoms with Gasteiger partial charge in [-0.25, -0.2) is 0 Å². The van der Waals surface area contributed by atoms with E-state index in [1.165, 1.54) is 25.3 Å². The number of anilines is 1. The van der Waals surface area contributed by atoms with Crippen LogP contribution in [0.5, 0.6) is 0 Å². The highest BCUT2D eigenvalue weighted by Crippen LogP contribution is 2.37. The highest BCUT2D eigenvalue weighted by Gasteiger charge is 2.21. The molecule has 7 rings (SSSR count). The number of benzene rings is 1. The zero-order valence-corrected chi connectivity index (χ0v) is 20.7. The Labute approximate surface area is 216 Å². The minimum Gasteiger partial charge on any atom is -0.358 e. The molecule has 3 N–H and O–H groups in total. The van der Waals surface area contributed by atoms with Crippen molar-refractivity contribution in [3.63, 3.8) is 0 Å². The van der Waals surface area contributed by atoms with E-state index in [9.17, 15) is 4.39 Å². The molecule has 1 aliphatic rings. The van der Waals surface area contributed by atoms with Crippen molar-refractivity contribution in [3.8, 4) is 33.1 Å². The molecule has 0 saturated heterocycles. The molecule has 5 aromatic heterocycles. The van der Waals surface area contributed by atoms with E-state index in [0.717, 1.165) is 77.6 Å². The Balaban J connectivity index is 1.26. The number of pyridine rings is 2. The Morgan fingerprint density at radius 1 is 0.973 bits per heavy atom. The predicted molar refractivity (Wildman–Crippen MR) is 148 cm³/mol. The summed E-state index contributed by atoms with van der Waals surface area (Å²) in [6, 6.07) is 15.6. The molecule has 0 aliphatic heterocycles. The number of allylic oxidation sites excluding steroid dienone is 1. The van der Waals surface area contributed by atoms with Crippen LogP contribution in [-0.2, 0) is 0 Å². The van der Waals surface area contributed by atoms with Gasteiger partial charge in [-0.15, -0.1) is 11.3 Å². The fourth-order valence-electron chi connectivity index (χ4n) is 4.93. The minimum absolute atomic E-state index is 0.225. The molecule has 5 heterocycles.